The number of aliphatic hydroxyl groups is 1. The van der Waals surface area contributed by atoms with Crippen LogP contribution in [0.5, 0.6) is 5.75 Å². The highest BCUT2D eigenvalue weighted by Crippen LogP contribution is 2.40. The normalized spacial score (nSPS) is 12.0. The van der Waals surface area contributed by atoms with Crippen LogP contribution in [0.4, 0.5) is 0 Å². The minimum absolute atomic E-state index is 0.0565. The van der Waals surface area contributed by atoms with Gasteiger partial charge in [-0.3, -0.25) is 0 Å². The average molecular weight is 336 g/mol. The lowest BCUT2D eigenvalue weighted by Crippen LogP contribution is -2.05. The molecule has 0 spiro atoms. The minimum atomic E-state index is 0.0565. The van der Waals surface area contributed by atoms with Crippen molar-refractivity contribution >= 4 is 11.3 Å². The van der Waals surface area contributed by atoms with E-state index in [0.29, 0.717) is 5.75 Å². The van der Waals surface area contributed by atoms with Crippen LogP contribution in [0.1, 0.15) is 66.0 Å². The maximum atomic E-state index is 10.9. The molecule has 0 bridgehead atoms. The van der Waals surface area contributed by atoms with E-state index in [-0.39, 0.29) is 11.7 Å². The molecular weight excluding hydrogens is 308 g/mol. The van der Waals surface area contributed by atoms with Gasteiger partial charge in [-0.05, 0) is 62.1 Å². The number of rotatable bonds is 6. The Labute approximate surface area is 151 Å². The van der Waals surface area contributed by atoms with E-state index < -0.39 is 0 Å². The van der Waals surface area contributed by atoms with Gasteiger partial charge < -0.3 is 10.2 Å². The minimum Gasteiger partial charge on any atom is -0.508 e. The molecule has 0 heterocycles. The SMILES string of the molecule is C=C(O)c1cc(C)cc(C(CCC)c2cc(C)cc(C(=C)C)c2O)c1. The summed E-state index contributed by atoms with van der Waals surface area (Å²) >= 11 is 0. The zero-order chi connectivity index (χ0) is 18.7. The van der Waals surface area contributed by atoms with Crippen LogP contribution < -0.4 is 0 Å². The smallest absolute Gasteiger partial charge is 0.126 e. The summed E-state index contributed by atoms with van der Waals surface area (Å²) in [6.07, 6.45) is 1.90. The molecule has 1 atom stereocenters. The Morgan fingerprint density at radius 3 is 2.24 bits per heavy atom. The molecule has 2 aromatic carbocycles. The van der Waals surface area contributed by atoms with Gasteiger partial charge in [-0.25, -0.2) is 0 Å². The maximum absolute atomic E-state index is 10.9. The number of benzene rings is 2. The Bertz CT molecular complexity index is 815. The Hall–Kier alpha value is -2.48. The van der Waals surface area contributed by atoms with Crippen molar-refractivity contribution < 1.29 is 10.2 Å². The lowest BCUT2D eigenvalue weighted by atomic mass is 9.83. The quantitative estimate of drug-likeness (QED) is 0.591. The lowest BCUT2D eigenvalue weighted by Gasteiger charge is -2.22. The van der Waals surface area contributed by atoms with Gasteiger partial charge in [0.1, 0.15) is 11.5 Å². The number of phenolic OH excluding ortho intramolecular Hbond substituents is 1. The van der Waals surface area contributed by atoms with Crippen LogP contribution in [0, 0.1) is 13.8 Å². The molecule has 2 nitrogen and oxygen atoms in total. The molecule has 2 N–H and O–H groups in total. The van der Waals surface area contributed by atoms with Crippen LogP contribution >= 0.6 is 0 Å². The number of aromatic hydroxyl groups is 1. The van der Waals surface area contributed by atoms with Crippen molar-refractivity contribution in [2.75, 3.05) is 0 Å². The fraction of sp³-hybridized carbons (Fsp3) is 0.304. The topological polar surface area (TPSA) is 40.5 Å². The Morgan fingerprint density at radius 2 is 1.68 bits per heavy atom. The third-order valence-electron chi connectivity index (χ3n) is 4.53. The summed E-state index contributed by atoms with van der Waals surface area (Å²) in [4.78, 5) is 0. The van der Waals surface area contributed by atoms with E-state index >= 15 is 0 Å². The van der Waals surface area contributed by atoms with Crippen molar-refractivity contribution in [1.82, 2.24) is 0 Å². The van der Waals surface area contributed by atoms with E-state index in [1.54, 1.807) is 0 Å². The predicted octanol–water partition coefficient (Wildman–Crippen LogP) is 6.50. The summed E-state index contributed by atoms with van der Waals surface area (Å²) < 4.78 is 0. The molecule has 0 aliphatic rings. The van der Waals surface area contributed by atoms with E-state index in [4.69, 9.17) is 0 Å². The molecule has 1 unspecified atom stereocenters. The second-order valence-corrected chi connectivity index (χ2v) is 6.95. The molecule has 0 radical (unpaired) electrons. The lowest BCUT2D eigenvalue weighted by molar-refractivity contribution is 0.460. The van der Waals surface area contributed by atoms with Gasteiger partial charge in [0.15, 0.2) is 0 Å². The summed E-state index contributed by atoms with van der Waals surface area (Å²) in [7, 11) is 0. The molecule has 2 rings (SSSR count). The van der Waals surface area contributed by atoms with E-state index in [9.17, 15) is 10.2 Å². The highest BCUT2D eigenvalue weighted by Gasteiger charge is 2.21. The van der Waals surface area contributed by atoms with Gasteiger partial charge in [0, 0.05) is 22.6 Å². The van der Waals surface area contributed by atoms with Gasteiger partial charge in [0.2, 0.25) is 0 Å². The molecule has 0 aromatic heterocycles. The van der Waals surface area contributed by atoms with Gasteiger partial charge in [0.05, 0.1) is 0 Å². The number of aliphatic hydroxyl groups excluding tert-OH is 1. The first-order valence-electron chi connectivity index (χ1n) is 8.73. The number of phenols is 1. The van der Waals surface area contributed by atoms with Crippen LogP contribution in [0.3, 0.4) is 0 Å². The Morgan fingerprint density at radius 1 is 1.04 bits per heavy atom. The predicted molar refractivity (Wildman–Crippen MR) is 107 cm³/mol. The van der Waals surface area contributed by atoms with Crippen molar-refractivity contribution in [1.29, 1.82) is 0 Å². The summed E-state index contributed by atoms with van der Waals surface area (Å²) in [5, 5.41) is 20.7. The monoisotopic (exact) mass is 336 g/mol. The summed E-state index contributed by atoms with van der Waals surface area (Å²) in [6, 6.07) is 10.0. The third kappa shape index (κ3) is 4.14. The molecule has 132 valence electrons. The van der Waals surface area contributed by atoms with Gasteiger partial charge in [0.25, 0.3) is 0 Å². The van der Waals surface area contributed by atoms with Crippen molar-refractivity contribution in [2.24, 2.45) is 0 Å². The van der Waals surface area contributed by atoms with Crippen molar-refractivity contribution in [3.05, 3.63) is 76.9 Å². The van der Waals surface area contributed by atoms with Crippen LogP contribution in [-0.4, -0.2) is 10.2 Å². The first-order valence-corrected chi connectivity index (χ1v) is 8.73. The van der Waals surface area contributed by atoms with Crippen LogP contribution in [0.25, 0.3) is 11.3 Å². The zero-order valence-electron chi connectivity index (χ0n) is 15.7. The van der Waals surface area contributed by atoms with E-state index in [0.717, 1.165) is 51.8 Å². The zero-order valence-corrected chi connectivity index (χ0v) is 15.7. The highest BCUT2D eigenvalue weighted by molar-refractivity contribution is 5.70. The molecule has 2 heteroatoms. The molecule has 0 aliphatic carbocycles. The second-order valence-electron chi connectivity index (χ2n) is 6.95. The first kappa shape index (κ1) is 18.9. The van der Waals surface area contributed by atoms with Crippen molar-refractivity contribution in [2.45, 2.75) is 46.5 Å². The number of aryl methyl sites for hydroxylation is 2. The van der Waals surface area contributed by atoms with Crippen LogP contribution in [-0.2, 0) is 0 Å². The molecular formula is C23H28O2. The number of hydrogen-bond donors (Lipinski definition) is 2. The van der Waals surface area contributed by atoms with E-state index in [2.05, 4.69) is 32.2 Å². The van der Waals surface area contributed by atoms with Crippen LogP contribution in [0.2, 0.25) is 0 Å². The molecule has 25 heavy (non-hydrogen) atoms. The Kier molecular flexibility index (Phi) is 5.73. The second kappa shape index (κ2) is 7.60. The molecule has 0 saturated heterocycles. The molecule has 0 fully saturated rings. The molecule has 0 amide bonds. The van der Waals surface area contributed by atoms with E-state index in [1.165, 1.54) is 0 Å². The summed E-state index contributed by atoms with van der Waals surface area (Å²) in [5.41, 5.74) is 6.55. The van der Waals surface area contributed by atoms with E-state index in [1.807, 2.05) is 39.0 Å². The molecule has 0 saturated carbocycles. The van der Waals surface area contributed by atoms with Gasteiger partial charge >= 0.3 is 0 Å². The van der Waals surface area contributed by atoms with Crippen molar-refractivity contribution in [3.63, 3.8) is 0 Å². The third-order valence-corrected chi connectivity index (χ3v) is 4.53. The molecule has 0 aliphatic heterocycles. The van der Waals surface area contributed by atoms with Crippen LogP contribution in [0.15, 0.2) is 43.5 Å². The average Bonchev–Trinajstić information content (AvgIpc) is 2.53. The summed E-state index contributed by atoms with van der Waals surface area (Å²) in [5.74, 6) is 0.430. The fourth-order valence-corrected chi connectivity index (χ4v) is 3.37. The Balaban J connectivity index is 2.68. The van der Waals surface area contributed by atoms with Crippen molar-refractivity contribution in [3.8, 4) is 5.75 Å². The fourth-order valence-electron chi connectivity index (χ4n) is 3.37. The van der Waals surface area contributed by atoms with Gasteiger partial charge in [-0.2, -0.15) is 0 Å². The molecule has 2 aromatic rings. The number of allylic oxidation sites excluding steroid dienone is 1. The first-order chi connectivity index (χ1) is 11.7. The van der Waals surface area contributed by atoms with Gasteiger partial charge in [-0.1, -0.05) is 44.2 Å². The van der Waals surface area contributed by atoms with Gasteiger partial charge in [-0.15, -0.1) is 0 Å². The summed E-state index contributed by atoms with van der Waals surface area (Å²) in [6.45, 7) is 15.7. The number of hydrogen-bond acceptors (Lipinski definition) is 2. The highest BCUT2D eigenvalue weighted by atomic mass is 16.3. The standard InChI is InChI=1S/C23H28O2/c1-7-8-20(19-10-15(4)9-18(13-19)17(6)24)22-12-16(5)11-21(14(2)3)23(22)25/h9-13,20,24-25H,2,6-8H2,1,3-5H3. The largest absolute Gasteiger partial charge is 0.508 e. The maximum Gasteiger partial charge on any atom is 0.126 e.